The lowest BCUT2D eigenvalue weighted by atomic mass is 9.95. The first-order chi connectivity index (χ1) is 23.8. The van der Waals surface area contributed by atoms with E-state index in [4.69, 9.17) is 4.74 Å². The summed E-state index contributed by atoms with van der Waals surface area (Å²) in [7, 11) is 0. The summed E-state index contributed by atoms with van der Waals surface area (Å²) in [5.74, 6) is -2.55. The van der Waals surface area contributed by atoms with E-state index in [0.29, 0.717) is 12.8 Å². The van der Waals surface area contributed by atoms with Crippen molar-refractivity contribution in [1.29, 1.82) is 0 Å². The van der Waals surface area contributed by atoms with Gasteiger partial charge in [0.2, 0.25) is 0 Å². The van der Waals surface area contributed by atoms with Crippen LogP contribution in [0.2, 0.25) is 0 Å². The fourth-order valence-corrected chi connectivity index (χ4v) is 6.10. The van der Waals surface area contributed by atoms with E-state index < -0.39 is 36.4 Å². The van der Waals surface area contributed by atoms with Crippen molar-refractivity contribution in [1.82, 2.24) is 0 Å². The van der Waals surface area contributed by atoms with Gasteiger partial charge in [-0.15, -0.1) is 0 Å². The third-order valence-electron chi connectivity index (χ3n) is 9.67. The van der Waals surface area contributed by atoms with Crippen LogP contribution in [0.15, 0.2) is 24.3 Å². The maximum atomic E-state index is 12.6. The molecule has 0 saturated carbocycles. The van der Waals surface area contributed by atoms with E-state index in [1.807, 2.05) is 0 Å². The normalized spacial score (nSPS) is 14.4. The first-order valence-corrected chi connectivity index (χ1v) is 20.5. The Balaban J connectivity index is 4.07. The molecule has 0 amide bonds. The summed E-state index contributed by atoms with van der Waals surface area (Å²) in [4.78, 5) is 25.3. The Morgan fingerprint density at radius 1 is 0.429 bits per heavy atom. The van der Waals surface area contributed by atoms with Crippen LogP contribution >= 0.6 is 0 Å². The van der Waals surface area contributed by atoms with E-state index in [9.17, 15) is 30.0 Å². The van der Waals surface area contributed by atoms with Crippen LogP contribution in [0.4, 0.5) is 0 Å². The minimum absolute atomic E-state index is 0.0384. The predicted molar refractivity (Wildman–Crippen MR) is 203 cm³/mol. The molecule has 0 aliphatic rings. The van der Waals surface area contributed by atoms with Crippen LogP contribution in [0.5, 0.6) is 0 Å². The quantitative estimate of drug-likeness (QED) is 0.0223. The van der Waals surface area contributed by atoms with Gasteiger partial charge in [-0.05, 0) is 77.0 Å². The molecule has 0 rings (SSSR count). The van der Waals surface area contributed by atoms with Crippen molar-refractivity contribution in [3.63, 3.8) is 0 Å². The number of esters is 2. The van der Waals surface area contributed by atoms with Gasteiger partial charge in [-0.3, -0.25) is 0 Å². The number of aliphatic hydroxyl groups is 4. The van der Waals surface area contributed by atoms with Crippen molar-refractivity contribution in [3.05, 3.63) is 24.3 Å². The van der Waals surface area contributed by atoms with Gasteiger partial charge in [-0.2, -0.15) is 0 Å². The number of unbranched alkanes of at least 4 members (excludes halogenated alkanes) is 24. The molecule has 49 heavy (non-hydrogen) atoms. The number of ether oxygens (including phenoxy) is 1. The summed E-state index contributed by atoms with van der Waals surface area (Å²) in [5.41, 5.74) is -4.42. The Labute approximate surface area is 301 Å². The molecule has 288 valence electrons. The lowest BCUT2D eigenvalue weighted by Gasteiger charge is -2.27. The van der Waals surface area contributed by atoms with E-state index in [-0.39, 0.29) is 12.8 Å². The van der Waals surface area contributed by atoms with Gasteiger partial charge >= 0.3 is 11.9 Å². The molecule has 0 aliphatic heterocycles. The standard InChI is InChI=1S/C42H78O7/c1-3-5-7-9-11-13-15-17-19-21-23-25-27-29-31-33-35-41(47,37-43)39(45)49-40(46)42(48,38-44)36-34-32-30-28-26-24-22-20-18-16-14-12-10-8-6-4-2/h17-20,43-44,47-48H,3-16,21-38H2,1-2H3. The number of allylic oxidation sites excluding steroid dienone is 4. The fraction of sp³-hybridized carbons (Fsp3) is 0.857. The highest BCUT2D eigenvalue weighted by Crippen LogP contribution is 2.22. The number of carbonyl (C=O) groups excluding carboxylic acids is 2. The van der Waals surface area contributed by atoms with Gasteiger partial charge in [0.15, 0.2) is 11.2 Å². The highest BCUT2D eigenvalue weighted by Gasteiger charge is 2.43. The van der Waals surface area contributed by atoms with Crippen molar-refractivity contribution in [3.8, 4) is 0 Å². The van der Waals surface area contributed by atoms with Crippen LogP contribution in [0.1, 0.15) is 206 Å². The Morgan fingerprint density at radius 3 is 0.939 bits per heavy atom. The molecule has 2 unspecified atom stereocenters. The average Bonchev–Trinajstić information content (AvgIpc) is 3.10. The molecule has 0 bridgehead atoms. The molecule has 4 N–H and O–H groups in total. The van der Waals surface area contributed by atoms with E-state index >= 15 is 0 Å². The Bertz CT molecular complexity index is 760. The largest absolute Gasteiger partial charge is 0.393 e. The van der Waals surface area contributed by atoms with Gasteiger partial charge in [0.1, 0.15) is 0 Å². The van der Waals surface area contributed by atoms with Crippen molar-refractivity contribution in [2.24, 2.45) is 0 Å². The number of carbonyl (C=O) groups is 2. The van der Waals surface area contributed by atoms with Crippen LogP contribution in [-0.2, 0) is 14.3 Å². The van der Waals surface area contributed by atoms with Crippen molar-refractivity contribution in [2.75, 3.05) is 13.2 Å². The minimum Gasteiger partial charge on any atom is -0.393 e. The summed E-state index contributed by atoms with van der Waals surface area (Å²) in [6.45, 7) is 2.73. The molecule has 0 heterocycles. The van der Waals surface area contributed by atoms with E-state index in [1.165, 1.54) is 89.9 Å². The maximum Gasteiger partial charge on any atom is 0.348 e. The number of hydrogen-bond acceptors (Lipinski definition) is 7. The second-order valence-electron chi connectivity index (χ2n) is 14.4. The SMILES string of the molecule is CCCCCCCCC=CCCCCCCCCC(O)(CO)C(=O)OC(=O)C(O)(CO)CCCCCCCCC=CCCCCCCCC. The summed E-state index contributed by atoms with van der Waals surface area (Å²) >= 11 is 0. The molecule has 0 aliphatic carbocycles. The summed E-state index contributed by atoms with van der Waals surface area (Å²) in [6.07, 6.45) is 40.7. The first kappa shape index (κ1) is 47.5. The van der Waals surface area contributed by atoms with Crippen LogP contribution in [0.3, 0.4) is 0 Å². The van der Waals surface area contributed by atoms with Crippen LogP contribution in [0, 0.1) is 0 Å². The van der Waals surface area contributed by atoms with Crippen LogP contribution < -0.4 is 0 Å². The first-order valence-electron chi connectivity index (χ1n) is 20.5. The van der Waals surface area contributed by atoms with Gasteiger partial charge in [0, 0.05) is 0 Å². The van der Waals surface area contributed by atoms with Gasteiger partial charge in [0.05, 0.1) is 13.2 Å². The highest BCUT2D eigenvalue weighted by molar-refractivity contribution is 5.94. The van der Waals surface area contributed by atoms with Crippen molar-refractivity contribution < 1.29 is 34.8 Å². The maximum absolute atomic E-state index is 12.6. The molecule has 2 atom stereocenters. The van der Waals surface area contributed by atoms with Crippen molar-refractivity contribution in [2.45, 2.75) is 218 Å². The molecular formula is C42H78O7. The van der Waals surface area contributed by atoms with Crippen molar-refractivity contribution >= 4 is 11.9 Å². The second-order valence-corrected chi connectivity index (χ2v) is 14.4. The lowest BCUT2D eigenvalue weighted by Crippen LogP contribution is -2.50. The average molecular weight is 695 g/mol. The topological polar surface area (TPSA) is 124 Å². The molecule has 0 aromatic carbocycles. The molecule has 0 aromatic rings. The molecule has 7 nitrogen and oxygen atoms in total. The van der Waals surface area contributed by atoms with E-state index in [2.05, 4.69) is 38.2 Å². The zero-order valence-corrected chi connectivity index (χ0v) is 32.0. The molecule has 7 heteroatoms. The summed E-state index contributed by atoms with van der Waals surface area (Å²) in [6, 6.07) is 0. The third kappa shape index (κ3) is 26.9. The molecular weight excluding hydrogens is 616 g/mol. The molecule has 0 radical (unpaired) electrons. The fourth-order valence-electron chi connectivity index (χ4n) is 6.10. The molecule has 0 spiro atoms. The van der Waals surface area contributed by atoms with Crippen LogP contribution in [0.25, 0.3) is 0 Å². The number of hydrogen-bond donors (Lipinski definition) is 4. The molecule has 0 aromatic heterocycles. The van der Waals surface area contributed by atoms with E-state index in [0.717, 1.165) is 77.0 Å². The lowest BCUT2D eigenvalue weighted by molar-refractivity contribution is -0.190. The Hall–Kier alpha value is -1.54. The van der Waals surface area contributed by atoms with E-state index in [1.54, 1.807) is 0 Å². The number of aliphatic hydroxyl groups excluding tert-OH is 2. The van der Waals surface area contributed by atoms with Gasteiger partial charge in [0.25, 0.3) is 0 Å². The van der Waals surface area contributed by atoms with Crippen LogP contribution in [-0.4, -0.2) is 56.8 Å². The molecule has 0 saturated heterocycles. The Kier molecular flexibility index (Phi) is 32.5. The van der Waals surface area contributed by atoms with Gasteiger partial charge in [-0.25, -0.2) is 9.59 Å². The zero-order chi connectivity index (χ0) is 36.3. The minimum atomic E-state index is -2.21. The summed E-state index contributed by atoms with van der Waals surface area (Å²) < 4.78 is 4.81. The molecule has 0 fully saturated rings. The monoisotopic (exact) mass is 695 g/mol. The Morgan fingerprint density at radius 2 is 0.673 bits per heavy atom. The third-order valence-corrected chi connectivity index (χ3v) is 9.67. The second kappa shape index (κ2) is 33.6. The summed E-state index contributed by atoms with van der Waals surface area (Å²) in [5, 5.41) is 40.8. The smallest absolute Gasteiger partial charge is 0.348 e. The van der Waals surface area contributed by atoms with Gasteiger partial charge in [-0.1, -0.05) is 154 Å². The zero-order valence-electron chi connectivity index (χ0n) is 32.0. The highest BCUT2D eigenvalue weighted by atomic mass is 16.6. The van der Waals surface area contributed by atoms with Gasteiger partial charge < -0.3 is 25.2 Å². The predicted octanol–water partition coefficient (Wildman–Crippen LogP) is 10.4. The number of rotatable bonds is 36.